The van der Waals surface area contributed by atoms with Crippen LogP contribution in [0, 0.1) is 0 Å². The second-order valence-corrected chi connectivity index (χ2v) is 6.37. The summed E-state index contributed by atoms with van der Waals surface area (Å²) in [5.74, 6) is 0.394. The van der Waals surface area contributed by atoms with Crippen molar-refractivity contribution in [2.45, 2.75) is 24.9 Å². The van der Waals surface area contributed by atoms with Gasteiger partial charge in [0, 0.05) is 10.4 Å². The van der Waals surface area contributed by atoms with Crippen LogP contribution in [0.15, 0.2) is 22.7 Å². The summed E-state index contributed by atoms with van der Waals surface area (Å²) in [6.45, 7) is 0. The fourth-order valence-corrected chi connectivity index (χ4v) is 3.54. The van der Waals surface area contributed by atoms with Crippen LogP contribution in [-0.4, -0.2) is 17.2 Å². The molecular weight excluding hydrogens is 316 g/mol. The van der Waals surface area contributed by atoms with Crippen LogP contribution in [0.25, 0.3) is 10.2 Å². The molecule has 1 aromatic carbocycles. The molecule has 0 bridgehead atoms. The average Bonchev–Trinajstić information content (AvgIpc) is 2.64. The molecule has 0 spiro atoms. The number of rotatable bonds is 2. The van der Waals surface area contributed by atoms with Crippen LogP contribution in [0.5, 0.6) is 0 Å². The molecule has 1 aliphatic rings. The van der Waals surface area contributed by atoms with Gasteiger partial charge in [0.2, 0.25) is 0 Å². The minimum Gasteiger partial charge on any atom is -0.446 e. The molecule has 18 heavy (non-hydrogen) atoms. The van der Waals surface area contributed by atoms with E-state index in [1.807, 2.05) is 12.1 Å². The number of fused-ring (bicyclic) bond motifs is 1. The second kappa shape index (κ2) is 4.51. The largest absolute Gasteiger partial charge is 0.446 e. The molecule has 1 fully saturated rings. The number of thiazole rings is 1. The van der Waals surface area contributed by atoms with Crippen molar-refractivity contribution in [3.05, 3.63) is 27.7 Å². The molecule has 1 aliphatic carbocycles. The van der Waals surface area contributed by atoms with Crippen LogP contribution in [0.4, 0.5) is 4.79 Å². The number of hydrogen-bond acceptors (Lipinski definition) is 4. The highest BCUT2D eigenvalue weighted by Gasteiger charge is 2.34. The molecule has 94 valence electrons. The quantitative estimate of drug-likeness (QED) is 0.919. The van der Waals surface area contributed by atoms with Gasteiger partial charge in [0.1, 0.15) is 6.10 Å². The van der Waals surface area contributed by atoms with Crippen molar-refractivity contribution >= 4 is 43.6 Å². The normalized spacial score (nSPS) is 22.7. The van der Waals surface area contributed by atoms with Gasteiger partial charge in [-0.2, -0.15) is 0 Å². The average molecular weight is 327 g/mol. The van der Waals surface area contributed by atoms with Crippen molar-refractivity contribution in [1.82, 2.24) is 4.98 Å². The van der Waals surface area contributed by atoms with E-state index in [0.29, 0.717) is 5.92 Å². The lowest BCUT2D eigenvalue weighted by Gasteiger charge is -2.32. The topological polar surface area (TPSA) is 65.2 Å². The van der Waals surface area contributed by atoms with Gasteiger partial charge in [-0.05, 0) is 31.0 Å². The van der Waals surface area contributed by atoms with Crippen LogP contribution in [-0.2, 0) is 4.74 Å². The number of primary amides is 1. The number of benzene rings is 1. The van der Waals surface area contributed by atoms with E-state index in [1.165, 1.54) is 4.70 Å². The lowest BCUT2D eigenvalue weighted by molar-refractivity contribution is 0.0454. The monoisotopic (exact) mass is 326 g/mol. The third-order valence-corrected chi connectivity index (χ3v) is 4.79. The zero-order valence-electron chi connectivity index (χ0n) is 9.43. The van der Waals surface area contributed by atoms with Gasteiger partial charge in [-0.25, -0.2) is 9.78 Å². The maximum atomic E-state index is 10.6. The van der Waals surface area contributed by atoms with E-state index >= 15 is 0 Å². The first-order valence-electron chi connectivity index (χ1n) is 5.64. The second-order valence-electron chi connectivity index (χ2n) is 4.39. The fourth-order valence-electron chi connectivity index (χ4n) is 2.12. The summed E-state index contributed by atoms with van der Waals surface area (Å²) in [7, 11) is 0. The predicted molar refractivity (Wildman–Crippen MR) is 73.8 cm³/mol. The van der Waals surface area contributed by atoms with Crippen LogP contribution in [0.1, 0.15) is 23.8 Å². The Bertz CT molecular complexity index is 607. The maximum Gasteiger partial charge on any atom is 0.404 e. The molecule has 2 aromatic rings. The highest BCUT2D eigenvalue weighted by atomic mass is 79.9. The Morgan fingerprint density at radius 2 is 2.28 bits per heavy atom. The Morgan fingerprint density at radius 3 is 3.00 bits per heavy atom. The lowest BCUT2D eigenvalue weighted by Crippen LogP contribution is -2.33. The molecular formula is C12H11BrN2O2S. The minimum atomic E-state index is -0.688. The summed E-state index contributed by atoms with van der Waals surface area (Å²) in [4.78, 5) is 15.2. The highest BCUT2D eigenvalue weighted by Crippen LogP contribution is 2.41. The third-order valence-electron chi connectivity index (χ3n) is 3.09. The summed E-state index contributed by atoms with van der Waals surface area (Å²) in [6, 6.07) is 6.10. The molecule has 0 atom stereocenters. The Balaban J connectivity index is 1.75. The van der Waals surface area contributed by atoms with Crippen molar-refractivity contribution in [2.24, 2.45) is 5.73 Å². The molecule has 0 saturated heterocycles. The first kappa shape index (κ1) is 11.9. The van der Waals surface area contributed by atoms with E-state index < -0.39 is 6.09 Å². The Hall–Kier alpha value is -1.14. The van der Waals surface area contributed by atoms with Gasteiger partial charge in [-0.3, -0.25) is 0 Å². The number of nitrogens with two attached hydrogens (primary N) is 1. The van der Waals surface area contributed by atoms with Crippen LogP contribution in [0.3, 0.4) is 0 Å². The number of aromatic nitrogens is 1. The van der Waals surface area contributed by atoms with Crippen molar-refractivity contribution < 1.29 is 9.53 Å². The van der Waals surface area contributed by atoms with Crippen molar-refractivity contribution in [3.63, 3.8) is 0 Å². The SMILES string of the molecule is NC(=O)OC1CC(c2nc3cc(Br)ccc3s2)C1. The standard InChI is InChI=1S/C12H11BrN2O2S/c13-7-1-2-10-9(5-7)15-11(18-10)6-3-8(4-6)17-12(14)16/h1-2,5-6,8H,3-4H2,(H2,14,16). The number of carbonyl (C=O) groups excluding carboxylic acids is 1. The van der Waals surface area contributed by atoms with E-state index in [4.69, 9.17) is 10.5 Å². The Kier molecular flexibility index (Phi) is 2.99. The molecule has 1 heterocycles. The summed E-state index contributed by atoms with van der Waals surface area (Å²) < 4.78 is 7.16. The minimum absolute atomic E-state index is 0.0359. The maximum absolute atomic E-state index is 10.6. The van der Waals surface area contributed by atoms with Crippen molar-refractivity contribution in [1.29, 1.82) is 0 Å². The van der Waals surface area contributed by atoms with Crippen LogP contribution < -0.4 is 5.73 Å². The van der Waals surface area contributed by atoms with Gasteiger partial charge in [0.15, 0.2) is 0 Å². The number of amides is 1. The summed E-state index contributed by atoms with van der Waals surface area (Å²) in [6.07, 6.45) is 0.923. The number of hydrogen-bond donors (Lipinski definition) is 1. The van der Waals surface area contributed by atoms with Gasteiger partial charge in [0.25, 0.3) is 0 Å². The number of ether oxygens (including phenoxy) is 1. The third kappa shape index (κ3) is 2.22. The molecule has 0 radical (unpaired) electrons. The molecule has 1 amide bonds. The molecule has 1 saturated carbocycles. The van der Waals surface area contributed by atoms with Crippen molar-refractivity contribution in [2.75, 3.05) is 0 Å². The summed E-state index contributed by atoms with van der Waals surface area (Å²) in [5, 5.41) is 1.12. The molecule has 0 aliphatic heterocycles. The fraction of sp³-hybridized carbons (Fsp3) is 0.333. The number of carbonyl (C=O) groups is 1. The molecule has 0 unspecified atom stereocenters. The van der Waals surface area contributed by atoms with Crippen LogP contribution in [0.2, 0.25) is 0 Å². The molecule has 6 heteroatoms. The van der Waals surface area contributed by atoms with E-state index in [9.17, 15) is 4.79 Å². The van der Waals surface area contributed by atoms with E-state index in [-0.39, 0.29) is 6.10 Å². The Morgan fingerprint density at radius 1 is 1.50 bits per heavy atom. The van der Waals surface area contributed by atoms with Gasteiger partial charge in [-0.1, -0.05) is 15.9 Å². The van der Waals surface area contributed by atoms with Crippen molar-refractivity contribution in [3.8, 4) is 0 Å². The van der Waals surface area contributed by atoms with E-state index in [0.717, 1.165) is 27.8 Å². The lowest BCUT2D eigenvalue weighted by atomic mass is 9.83. The van der Waals surface area contributed by atoms with Crippen LogP contribution >= 0.6 is 27.3 Å². The van der Waals surface area contributed by atoms with Gasteiger partial charge in [0.05, 0.1) is 15.2 Å². The smallest absolute Gasteiger partial charge is 0.404 e. The van der Waals surface area contributed by atoms with Gasteiger partial charge >= 0.3 is 6.09 Å². The van der Waals surface area contributed by atoms with Gasteiger partial charge < -0.3 is 10.5 Å². The summed E-state index contributed by atoms with van der Waals surface area (Å²) in [5.41, 5.74) is 6.00. The first-order valence-corrected chi connectivity index (χ1v) is 7.25. The number of nitrogens with zero attached hydrogens (tertiary/aromatic N) is 1. The molecule has 3 rings (SSSR count). The first-order chi connectivity index (χ1) is 8.61. The molecule has 1 aromatic heterocycles. The zero-order valence-corrected chi connectivity index (χ0v) is 11.8. The van der Waals surface area contributed by atoms with E-state index in [1.54, 1.807) is 11.3 Å². The molecule has 2 N–H and O–H groups in total. The zero-order chi connectivity index (χ0) is 12.7. The Labute approximate surface area is 116 Å². The number of halogens is 1. The summed E-state index contributed by atoms with van der Waals surface area (Å²) >= 11 is 5.15. The van der Waals surface area contributed by atoms with E-state index in [2.05, 4.69) is 27.0 Å². The highest BCUT2D eigenvalue weighted by molar-refractivity contribution is 9.10. The van der Waals surface area contributed by atoms with Gasteiger partial charge in [-0.15, -0.1) is 11.3 Å². The predicted octanol–water partition coefficient (Wildman–Crippen LogP) is 3.40. The molecule has 4 nitrogen and oxygen atoms in total.